The summed E-state index contributed by atoms with van der Waals surface area (Å²) in [6.45, 7) is 1.79. The van der Waals surface area contributed by atoms with Crippen molar-refractivity contribution in [2.24, 2.45) is 5.10 Å². The molecule has 27 heavy (non-hydrogen) atoms. The topological polar surface area (TPSA) is 66.0 Å². The number of hydrazone groups is 1. The zero-order valence-corrected chi connectivity index (χ0v) is 15.9. The molecule has 0 aliphatic rings. The number of amides is 2. The van der Waals surface area contributed by atoms with Crippen molar-refractivity contribution in [1.82, 2.24) is 5.01 Å². The lowest BCUT2D eigenvalue weighted by Crippen LogP contribution is -2.19. The van der Waals surface area contributed by atoms with Crippen LogP contribution in [-0.4, -0.2) is 31.4 Å². The van der Waals surface area contributed by atoms with E-state index in [4.69, 9.17) is 16.3 Å². The molecule has 2 aromatic carbocycles. The van der Waals surface area contributed by atoms with Crippen LogP contribution < -0.4 is 15.4 Å². The molecule has 0 saturated heterocycles. The minimum Gasteiger partial charge on any atom is -0.496 e. The molecule has 2 amide bonds. The summed E-state index contributed by atoms with van der Waals surface area (Å²) in [6.07, 6.45) is 1.63. The lowest BCUT2D eigenvalue weighted by Gasteiger charge is -2.19. The predicted octanol–water partition coefficient (Wildman–Crippen LogP) is 4.95. The molecule has 0 unspecified atom stereocenters. The van der Waals surface area contributed by atoms with Crippen LogP contribution >= 0.6 is 11.6 Å². The molecule has 6 nitrogen and oxygen atoms in total. The molecular formula is C19H20ClFN4O2. The molecular weight excluding hydrogens is 371 g/mol. The van der Waals surface area contributed by atoms with Crippen LogP contribution in [0.3, 0.4) is 0 Å². The van der Waals surface area contributed by atoms with Crippen molar-refractivity contribution in [1.29, 1.82) is 0 Å². The van der Waals surface area contributed by atoms with Crippen molar-refractivity contribution in [2.75, 3.05) is 24.8 Å². The number of urea groups is 1. The molecule has 142 valence electrons. The van der Waals surface area contributed by atoms with Gasteiger partial charge >= 0.3 is 6.03 Å². The van der Waals surface area contributed by atoms with Crippen LogP contribution in [0, 0.1) is 5.82 Å². The largest absolute Gasteiger partial charge is 0.496 e. The first-order valence-corrected chi connectivity index (χ1v) is 8.46. The first-order valence-electron chi connectivity index (χ1n) is 8.03. The Labute approximate surface area is 162 Å². The van der Waals surface area contributed by atoms with Gasteiger partial charge in [-0.15, -0.1) is 0 Å². The van der Waals surface area contributed by atoms with Crippen LogP contribution in [0.4, 0.5) is 20.6 Å². The molecule has 0 atom stereocenters. The summed E-state index contributed by atoms with van der Waals surface area (Å²) >= 11 is 5.97. The summed E-state index contributed by atoms with van der Waals surface area (Å²) in [5, 5.41) is 11.0. The Hall–Kier alpha value is -3.06. The van der Waals surface area contributed by atoms with E-state index in [9.17, 15) is 9.18 Å². The van der Waals surface area contributed by atoms with Gasteiger partial charge < -0.3 is 15.4 Å². The maximum Gasteiger partial charge on any atom is 0.323 e. The van der Waals surface area contributed by atoms with E-state index in [2.05, 4.69) is 15.7 Å². The second-order valence-corrected chi connectivity index (χ2v) is 5.61. The van der Waals surface area contributed by atoms with Crippen LogP contribution in [0.2, 0.25) is 0 Å². The number of hydrogen-bond acceptors (Lipinski definition) is 4. The fourth-order valence-corrected chi connectivity index (χ4v) is 2.64. The molecule has 0 aliphatic carbocycles. The van der Waals surface area contributed by atoms with E-state index in [-0.39, 0.29) is 0 Å². The maximum absolute atomic E-state index is 13.2. The second kappa shape index (κ2) is 9.59. The highest BCUT2D eigenvalue weighted by molar-refractivity contribution is 6.28. The summed E-state index contributed by atoms with van der Waals surface area (Å²) in [5.41, 5.74) is 3.45. The van der Waals surface area contributed by atoms with Gasteiger partial charge in [-0.3, -0.25) is 5.01 Å². The zero-order chi connectivity index (χ0) is 19.8. The van der Waals surface area contributed by atoms with E-state index in [0.717, 1.165) is 0 Å². The Balaban J connectivity index is 2.24. The number of nitrogens with zero attached hydrogens (tertiary/aromatic N) is 2. The Kier molecular flexibility index (Phi) is 7.19. The number of halogens is 2. The van der Waals surface area contributed by atoms with Crippen molar-refractivity contribution in [3.05, 3.63) is 59.4 Å². The molecule has 0 aromatic heterocycles. The minimum absolute atomic E-state index is 0.347. The van der Waals surface area contributed by atoms with Gasteiger partial charge in [0.1, 0.15) is 11.6 Å². The molecule has 8 heteroatoms. The van der Waals surface area contributed by atoms with Crippen LogP contribution in [0.25, 0.3) is 5.70 Å². The van der Waals surface area contributed by atoms with Crippen LogP contribution in [0.1, 0.15) is 12.5 Å². The first kappa shape index (κ1) is 20.3. The van der Waals surface area contributed by atoms with Crippen molar-refractivity contribution in [3.63, 3.8) is 0 Å². The van der Waals surface area contributed by atoms with Crippen molar-refractivity contribution >= 4 is 40.9 Å². The van der Waals surface area contributed by atoms with Gasteiger partial charge in [0, 0.05) is 35.7 Å². The molecule has 0 saturated carbocycles. The lowest BCUT2D eigenvalue weighted by molar-refractivity contribution is 0.262. The highest BCUT2D eigenvalue weighted by Crippen LogP contribution is 2.31. The number of benzene rings is 2. The van der Waals surface area contributed by atoms with Crippen molar-refractivity contribution in [2.45, 2.75) is 6.92 Å². The van der Waals surface area contributed by atoms with Gasteiger partial charge in [-0.05, 0) is 43.3 Å². The maximum atomic E-state index is 13.2. The quantitative estimate of drug-likeness (QED) is 0.541. The highest BCUT2D eigenvalue weighted by Gasteiger charge is 2.14. The van der Waals surface area contributed by atoms with E-state index in [1.807, 2.05) is 0 Å². The van der Waals surface area contributed by atoms with E-state index < -0.39 is 11.8 Å². The summed E-state index contributed by atoms with van der Waals surface area (Å²) in [5.74, 6) is 0.132. The Bertz CT molecular complexity index is 871. The average Bonchev–Trinajstić information content (AvgIpc) is 2.63. The van der Waals surface area contributed by atoms with Gasteiger partial charge in [-0.2, -0.15) is 5.10 Å². The second-order valence-electron chi connectivity index (χ2n) is 5.40. The van der Waals surface area contributed by atoms with E-state index in [1.54, 1.807) is 49.5 Å². The third-order valence-electron chi connectivity index (χ3n) is 3.56. The average molecular weight is 391 g/mol. The fraction of sp³-hybridized carbons (Fsp3) is 0.158. The van der Waals surface area contributed by atoms with E-state index >= 15 is 0 Å². The molecule has 0 aliphatic heterocycles. The third-order valence-corrected chi connectivity index (χ3v) is 3.76. The number of carbonyl (C=O) groups is 1. The molecule has 0 spiro atoms. The Morgan fingerprint density at radius 1 is 1.22 bits per heavy atom. The SMILES string of the molecule is C/C=N\N(C)/C(=C/Cl)c1cc(NC(=O)Nc2cccc(F)c2)ccc1OC. The van der Waals surface area contributed by atoms with E-state index in [0.29, 0.717) is 28.4 Å². The van der Waals surface area contributed by atoms with Crippen molar-refractivity contribution in [3.8, 4) is 5.75 Å². The van der Waals surface area contributed by atoms with E-state index in [1.165, 1.54) is 30.8 Å². The van der Waals surface area contributed by atoms with Crippen LogP contribution in [0.15, 0.2) is 53.1 Å². The number of hydrogen-bond donors (Lipinski definition) is 2. The molecule has 2 N–H and O–H groups in total. The van der Waals surface area contributed by atoms with Gasteiger partial charge in [-0.25, -0.2) is 9.18 Å². The fourth-order valence-electron chi connectivity index (χ4n) is 2.38. The molecule has 0 heterocycles. The Morgan fingerprint density at radius 3 is 2.52 bits per heavy atom. The standard InChI is InChI=1S/C19H20ClFN4O2/c1-4-22-25(2)17(12-20)16-11-15(8-9-18(16)27-3)24-19(26)23-14-7-5-6-13(21)10-14/h4-12H,1-3H3,(H2,23,24,26)/b17-12+,22-4-. The Morgan fingerprint density at radius 2 is 1.93 bits per heavy atom. The molecule has 2 rings (SSSR count). The zero-order valence-electron chi connectivity index (χ0n) is 15.2. The summed E-state index contributed by atoms with van der Waals surface area (Å²) in [6, 6.07) is 10.2. The number of nitrogens with one attached hydrogen (secondary N) is 2. The summed E-state index contributed by atoms with van der Waals surface area (Å²) in [4.78, 5) is 12.2. The first-order chi connectivity index (χ1) is 13.0. The predicted molar refractivity (Wildman–Crippen MR) is 108 cm³/mol. The highest BCUT2D eigenvalue weighted by atomic mass is 35.5. The number of carbonyl (C=O) groups excluding carboxylic acids is 1. The summed E-state index contributed by atoms with van der Waals surface area (Å²) in [7, 11) is 3.28. The molecule has 2 aromatic rings. The number of methoxy groups -OCH3 is 1. The normalized spacial score (nSPS) is 11.4. The molecule has 0 radical (unpaired) electrons. The van der Waals surface area contributed by atoms with Crippen LogP contribution in [-0.2, 0) is 0 Å². The monoisotopic (exact) mass is 390 g/mol. The number of anilines is 2. The van der Waals surface area contributed by atoms with Gasteiger partial charge in [0.25, 0.3) is 0 Å². The smallest absolute Gasteiger partial charge is 0.323 e. The lowest BCUT2D eigenvalue weighted by atomic mass is 10.1. The third kappa shape index (κ3) is 5.46. The molecule has 0 bridgehead atoms. The van der Waals surface area contributed by atoms with Crippen LogP contribution in [0.5, 0.6) is 5.75 Å². The van der Waals surface area contributed by atoms with Gasteiger partial charge in [0.05, 0.1) is 12.8 Å². The van der Waals surface area contributed by atoms with Gasteiger partial charge in [-0.1, -0.05) is 17.7 Å². The van der Waals surface area contributed by atoms with Crippen molar-refractivity contribution < 1.29 is 13.9 Å². The van der Waals surface area contributed by atoms with Gasteiger partial charge in [0.2, 0.25) is 0 Å². The number of rotatable bonds is 6. The minimum atomic E-state index is -0.506. The summed E-state index contributed by atoms with van der Waals surface area (Å²) < 4.78 is 18.6. The number of ether oxygens (including phenoxy) is 1. The van der Waals surface area contributed by atoms with Gasteiger partial charge in [0.15, 0.2) is 0 Å². The molecule has 0 fully saturated rings.